The Morgan fingerprint density at radius 1 is 0.943 bits per heavy atom. The monoisotopic (exact) mass is 504 g/mol. The first-order chi connectivity index (χ1) is 16.5. The van der Waals surface area contributed by atoms with Crippen molar-refractivity contribution < 1.29 is 31.1 Å². The number of halogens is 3. The summed E-state index contributed by atoms with van der Waals surface area (Å²) in [5.41, 5.74) is 2.60. The largest absolute Gasteiger partial charge is 0.573 e. The zero-order chi connectivity index (χ0) is 25.4. The van der Waals surface area contributed by atoms with E-state index in [0.717, 1.165) is 16.6 Å². The van der Waals surface area contributed by atoms with Crippen LogP contribution in [0.3, 0.4) is 0 Å². The van der Waals surface area contributed by atoms with E-state index in [4.69, 9.17) is 0 Å². The van der Waals surface area contributed by atoms with Crippen molar-refractivity contribution in [3.05, 3.63) is 71.8 Å². The van der Waals surface area contributed by atoms with E-state index in [1.165, 1.54) is 24.3 Å². The highest BCUT2D eigenvalue weighted by atomic mass is 32.2. The minimum Gasteiger partial charge on any atom is -0.406 e. The molecule has 10 heteroatoms. The molecule has 0 aliphatic carbocycles. The summed E-state index contributed by atoms with van der Waals surface area (Å²) < 4.78 is 68.0. The third kappa shape index (κ3) is 5.12. The summed E-state index contributed by atoms with van der Waals surface area (Å²) >= 11 is 0. The highest BCUT2D eigenvalue weighted by Gasteiger charge is 2.31. The molecule has 0 fully saturated rings. The maximum Gasteiger partial charge on any atom is 0.573 e. The Kier molecular flexibility index (Phi) is 6.50. The highest BCUT2D eigenvalue weighted by molar-refractivity contribution is 7.91. The van der Waals surface area contributed by atoms with Crippen molar-refractivity contribution in [1.29, 1.82) is 0 Å². The summed E-state index contributed by atoms with van der Waals surface area (Å²) in [5.74, 6) is -0.690. The predicted octanol–water partition coefficient (Wildman–Crippen LogP) is 5.44. The van der Waals surface area contributed by atoms with Crippen LogP contribution >= 0.6 is 0 Å². The van der Waals surface area contributed by atoms with Gasteiger partial charge in [-0.15, -0.1) is 13.2 Å². The number of amides is 1. The fraction of sp³-hybridized carbons (Fsp3) is 0.240. The van der Waals surface area contributed by atoms with E-state index in [1.54, 1.807) is 43.3 Å². The van der Waals surface area contributed by atoms with Gasteiger partial charge in [-0.25, -0.2) is 8.42 Å². The molecule has 35 heavy (non-hydrogen) atoms. The molecule has 1 N–H and O–H groups in total. The van der Waals surface area contributed by atoms with Crippen LogP contribution in [0.15, 0.2) is 65.6 Å². The number of aryl methyl sites for hydroxylation is 1. The van der Waals surface area contributed by atoms with Crippen molar-refractivity contribution >= 4 is 37.6 Å². The molecular formula is C25H23F3N2O4S. The average molecular weight is 505 g/mol. The normalized spacial score (nSPS) is 12.3. The van der Waals surface area contributed by atoms with E-state index in [-0.39, 0.29) is 28.8 Å². The lowest BCUT2D eigenvalue weighted by atomic mass is 10.1. The molecule has 184 valence electrons. The van der Waals surface area contributed by atoms with Crippen LogP contribution in [0.5, 0.6) is 5.75 Å². The second kappa shape index (κ2) is 9.26. The Labute approximate surface area is 200 Å². The SMILES string of the molecule is CCn1c2ccc(OC(F)(F)F)cc2c2cc(C(=O)NCc3ccc(S(=O)(=O)CC)cc3)ccc21. The van der Waals surface area contributed by atoms with E-state index in [2.05, 4.69) is 10.1 Å². The zero-order valence-electron chi connectivity index (χ0n) is 19.0. The third-order valence-electron chi connectivity index (χ3n) is 5.76. The van der Waals surface area contributed by atoms with Gasteiger partial charge < -0.3 is 14.6 Å². The van der Waals surface area contributed by atoms with Crippen LogP contribution in [-0.4, -0.2) is 31.0 Å². The molecule has 1 amide bonds. The van der Waals surface area contributed by atoms with E-state index >= 15 is 0 Å². The van der Waals surface area contributed by atoms with Gasteiger partial charge in [-0.2, -0.15) is 0 Å². The first kappa shape index (κ1) is 24.6. The number of rotatable bonds is 7. The molecule has 4 aromatic rings. The molecule has 0 aliphatic heterocycles. The Morgan fingerprint density at radius 2 is 1.57 bits per heavy atom. The molecule has 0 saturated carbocycles. The highest BCUT2D eigenvalue weighted by Crippen LogP contribution is 2.34. The van der Waals surface area contributed by atoms with Crippen molar-refractivity contribution in [2.45, 2.75) is 38.2 Å². The summed E-state index contributed by atoms with van der Waals surface area (Å²) in [6, 6.07) is 15.5. The molecular weight excluding hydrogens is 481 g/mol. The molecule has 0 aliphatic rings. The van der Waals surface area contributed by atoms with E-state index in [1.807, 2.05) is 11.5 Å². The van der Waals surface area contributed by atoms with Crippen LogP contribution < -0.4 is 10.1 Å². The molecule has 6 nitrogen and oxygen atoms in total. The number of nitrogens with one attached hydrogen (secondary N) is 1. The number of sulfone groups is 1. The van der Waals surface area contributed by atoms with Crippen molar-refractivity contribution in [3.63, 3.8) is 0 Å². The molecule has 1 aromatic heterocycles. The number of carbonyl (C=O) groups is 1. The third-order valence-corrected chi connectivity index (χ3v) is 7.51. The quantitative estimate of drug-likeness (QED) is 0.364. The smallest absolute Gasteiger partial charge is 0.406 e. The standard InChI is InChI=1S/C25H23F3N2O4S/c1-3-30-22-11-7-17(13-20(22)21-14-18(8-12-23(21)30)34-25(26,27)28)24(31)29-15-16-5-9-19(10-6-16)35(32,33)4-2/h5-14H,3-4,15H2,1-2H3,(H,29,31). The molecule has 0 atom stereocenters. The van der Waals surface area contributed by atoms with Gasteiger partial charge in [-0.05, 0) is 61.0 Å². The van der Waals surface area contributed by atoms with Crippen LogP contribution in [-0.2, 0) is 22.9 Å². The first-order valence-corrected chi connectivity index (χ1v) is 12.6. The van der Waals surface area contributed by atoms with Gasteiger partial charge in [0.25, 0.3) is 5.91 Å². The van der Waals surface area contributed by atoms with Crippen LogP contribution in [0.2, 0.25) is 0 Å². The van der Waals surface area contributed by atoms with Gasteiger partial charge in [0.05, 0.1) is 10.6 Å². The number of hydrogen-bond acceptors (Lipinski definition) is 4. The number of nitrogens with zero attached hydrogens (tertiary/aromatic N) is 1. The minimum atomic E-state index is -4.80. The average Bonchev–Trinajstić information content (AvgIpc) is 3.14. The topological polar surface area (TPSA) is 77.4 Å². The second-order valence-corrected chi connectivity index (χ2v) is 10.2. The van der Waals surface area contributed by atoms with Crippen LogP contribution in [0, 0.1) is 0 Å². The Bertz CT molecular complexity index is 1510. The zero-order valence-corrected chi connectivity index (χ0v) is 19.8. The molecule has 0 bridgehead atoms. The number of ether oxygens (including phenoxy) is 1. The van der Waals surface area contributed by atoms with Gasteiger partial charge in [0, 0.05) is 40.5 Å². The van der Waals surface area contributed by atoms with Crippen LogP contribution in [0.1, 0.15) is 29.8 Å². The van der Waals surface area contributed by atoms with E-state index in [9.17, 15) is 26.4 Å². The lowest BCUT2D eigenvalue weighted by molar-refractivity contribution is -0.274. The Balaban J connectivity index is 1.61. The predicted molar refractivity (Wildman–Crippen MR) is 127 cm³/mol. The number of benzene rings is 3. The summed E-state index contributed by atoms with van der Waals surface area (Å²) in [7, 11) is -3.30. The summed E-state index contributed by atoms with van der Waals surface area (Å²) in [5, 5.41) is 3.98. The van der Waals surface area contributed by atoms with E-state index < -0.39 is 16.2 Å². The number of carbonyl (C=O) groups excluding carboxylic acids is 1. The van der Waals surface area contributed by atoms with Crippen LogP contribution in [0.4, 0.5) is 13.2 Å². The van der Waals surface area contributed by atoms with Gasteiger partial charge in [0.2, 0.25) is 0 Å². The molecule has 0 spiro atoms. The number of fused-ring (bicyclic) bond motifs is 3. The number of hydrogen-bond donors (Lipinski definition) is 1. The minimum absolute atomic E-state index is 0.00379. The fourth-order valence-corrected chi connectivity index (χ4v) is 4.91. The lowest BCUT2D eigenvalue weighted by Gasteiger charge is -2.09. The first-order valence-electron chi connectivity index (χ1n) is 10.9. The van der Waals surface area contributed by atoms with Gasteiger partial charge in [-0.1, -0.05) is 19.1 Å². The maximum atomic E-state index is 12.8. The number of alkyl halides is 3. The molecule has 3 aromatic carbocycles. The van der Waals surface area contributed by atoms with Crippen molar-refractivity contribution in [3.8, 4) is 5.75 Å². The Hall–Kier alpha value is -3.53. The summed E-state index contributed by atoms with van der Waals surface area (Å²) in [6.07, 6.45) is -4.80. The molecule has 0 radical (unpaired) electrons. The summed E-state index contributed by atoms with van der Waals surface area (Å²) in [4.78, 5) is 13.0. The molecule has 0 unspecified atom stereocenters. The molecule has 1 heterocycles. The fourth-order valence-electron chi connectivity index (χ4n) is 4.03. The van der Waals surface area contributed by atoms with E-state index in [0.29, 0.717) is 22.9 Å². The lowest BCUT2D eigenvalue weighted by Crippen LogP contribution is -2.22. The van der Waals surface area contributed by atoms with Gasteiger partial charge in [0.15, 0.2) is 9.84 Å². The van der Waals surface area contributed by atoms with Crippen molar-refractivity contribution in [2.75, 3.05) is 5.75 Å². The Morgan fingerprint density at radius 3 is 2.17 bits per heavy atom. The molecule has 0 saturated heterocycles. The van der Waals surface area contributed by atoms with Crippen molar-refractivity contribution in [1.82, 2.24) is 9.88 Å². The van der Waals surface area contributed by atoms with Crippen LogP contribution in [0.25, 0.3) is 21.8 Å². The van der Waals surface area contributed by atoms with Gasteiger partial charge in [0.1, 0.15) is 5.75 Å². The second-order valence-electron chi connectivity index (χ2n) is 7.93. The van der Waals surface area contributed by atoms with Crippen molar-refractivity contribution in [2.24, 2.45) is 0 Å². The summed E-state index contributed by atoms with van der Waals surface area (Å²) in [6.45, 7) is 4.28. The van der Waals surface area contributed by atoms with Gasteiger partial charge in [-0.3, -0.25) is 4.79 Å². The number of aromatic nitrogens is 1. The van der Waals surface area contributed by atoms with Gasteiger partial charge >= 0.3 is 6.36 Å². The maximum absolute atomic E-state index is 12.8. The molecule has 4 rings (SSSR count).